The lowest BCUT2D eigenvalue weighted by atomic mass is 10.0. The maximum atomic E-state index is 10.8. The molecule has 4 nitrogen and oxygen atoms in total. The van der Waals surface area contributed by atoms with Crippen LogP contribution in [0.5, 0.6) is 0 Å². The monoisotopic (exact) mass is 228 g/mol. The summed E-state index contributed by atoms with van der Waals surface area (Å²) in [7, 11) is 1.68. The van der Waals surface area contributed by atoms with Gasteiger partial charge in [-0.25, -0.2) is 4.79 Å². The summed E-state index contributed by atoms with van der Waals surface area (Å²) in [6, 6.07) is 0.216. The van der Waals surface area contributed by atoms with Gasteiger partial charge in [-0.15, -0.1) is 0 Å². The number of amides is 1. The van der Waals surface area contributed by atoms with Gasteiger partial charge in [0, 0.05) is 26.2 Å². The minimum absolute atomic E-state index is 0.216. The van der Waals surface area contributed by atoms with E-state index in [4.69, 9.17) is 5.11 Å². The summed E-state index contributed by atoms with van der Waals surface area (Å²) in [6.45, 7) is 7.71. The quantitative estimate of drug-likeness (QED) is 0.801. The maximum Gasteiger partial charge on any atom is 0.407 e. The number of rotatable bonds is 4. The number of hydrogen-bond acceptors (Lipinski definition) is 2. The van der Waals surface area contributed by atoms with Crippen LogP contribution in [0.2, 0.25) is 0 Å². The van der Waals surface area contributed by atoms with Crippen LogP contribution in [-0.4, -0.2) is 53.7 Å². The van der Waals surface area contributed by atoms with Gasteiger partial charge >= 0.3 is 6.09 Å². The molecular weight excluding hydrogens is 204 g/mol. The van der Waals surface area contributed by atoms with E-state index in [1.54, 1.807) is 7.05 Å². The third kappa shape index (κ3) is 4.00. The third-order valence-corrected chi connectivity index (χ3v) is 3.43. The molecule has 0 aliphatic carbocycles. The van der Waals surface area contributed by atoms with Crippen molar-refractivity contribution in [2.45, 2.75) is 39.2 Å². The van der Waals surface area contributed by atoms with Crippen LogP contribution in [0, 0.1) is 5.92 Å². The summed E-state index contributed by atoms with van der Waals surface area (Å²) >= 11 is 0. The van der Waals surface area contributed by atoms with Crippen molar-refractivity contribution in [1.29, 1.82) is 0 Å². The zero-order valence-electron chi connectivity index (χ0n) is 10.6. The number of piperidine rings is 1. The van der Waals surface area contributed by atoms with Crippen molar-refractivity contribution >= 4 is 6.09 Å². The number of carboxylic acid groups (broad SMARTS) is 1. The molecule has 0 spiro atoms. The molecule has 1 fully saturated rings. The Morgan fingerprint density at radius 3 is 2.44 bits per heavy atom. The molecule has 4 heteroatoms. The molecule has 0 aromatic carbocycles. The second kappa shape index (κ2) is 6.09. The first-order valence-electron chi connectivity index (χ1n) is 6.18. The normalized spacial score (nSPS) is 19.0. The summed E-state index contributed by atoms with van der Waals surface area (Å²) in [5.74, 6) is 0.749. The van der Waals surface area contributed by atoms with E-state index in [1.807, 2.05) is 0 Å². The van der Waals surface area contributed by atoms with Crippen LogP contribution < -0.4 is 0 Å². The van der Waals surface area contributed by atoms with Gasteiger partial charge < -0.3 is 14.9 Å². The fourth-order valence-electron chi connectivity index (χ4n) is 2.13. The molecule has 0 radical (unpaired) electrons. The van der Waals surface area contributed by atoms with Crippen LogP contribution >= 0.6 is 0 Å². The van der Waals surface area contributed by atoms with Gasteiger partial charge in [-0.1, -0.05) is 13.8 Å². The lowest BCUT2D eigenvalue weighted by Gasteiger charge is -2.35. The first-order chi connectivity index (χ1) is 7.50. The number of nitrogens with zero attached hydrogens (tertiary/aromatic N) is 2. The third-order valence-electron chi connectivity index (χ3n) is 3.43. The van der Waals surface area contributed by atoms with E-state index in [2.05, 4.69) is 18.7 Å². The second-order valence-electron chi connectivity index (χ2n) is 5.15. The molecule has 0 aromatic heterocycles. The van der Waals surface area contributed by atoms with Gasteiger partial charge in [0.25, 0.3) is 0 Å². The molecule has 1 aliphatic rings. The molecule has 1 rings (SSSR count). The molecule has 1 amide bonds. The molecule has 16 heavy (non-hydrogen) atoms. The summed E-state index contributed by atoms with van der Waals surface area (Å²) in [5, 5.41) is 8.89. The summed E-state index contributed by atoms with van der Waals surface area (Å²) in [4.78, 5) is 14.7. The SMILES string of the molecule is CC(C)CCN1CCC(N(C)C(=O)O)CC1. The molecular formula is C12H24N2O2. The predicted octanol–water partition coefficient (Wildman–Crippen LogP) is 2.11. The minimum atomic E-state index is -0.805. The van der Waals surface area contributed by atoms with Crippen LogP contribution in [0.1, 0.15) is 33.1 Å². The molecule has 0 aromatic rings. The molecule has 0 unspecified atom stereocenters. The van der Waals surface area contributed by atoms with Crippen molar-refractivity contribution in [2.24, 2.45) is 5.92 Å². The number of likely N-dealkylation sites (tertiary alicyclic amines) is 1. The van der Waals surface area contributed by atoms with E-state index in [-0.39, 0.29) is 6.04 Å². The average molecular weight is 228 g/mol. The lowest BCUT2D eigenvalue weighted by Crippen LogP contribution is -2.45. The predicted molar refractivity (Wildman–Crippen MR) is 64.7 cm³/mol. The highest BCUT2D eigenvalue weighted by Gasteiger charge is 2.24. The van der Waals surface area contributed by atoms with Crippen molar-refractivity contribution in [3.8, 4) is 0 Å². The van der Waals surface area contributed by atoms with Crippen molar-refractivity contribution in [3.63, 3.8) is 0 Å². The molecule has 1 heterocycles. The van der Waals surface area contributed by atoms with E-state index in [0.717, 1.165) is 38.4 Å². The number of hydrogen-bond donors (Lipinski definition) is 1. The first-order valence-corrected chi connectivity index (χ1v) is 6.18. The fourth-order valence-corrected chi connectivity index (χ4v) is 2.13. The molecule has 0 atom stereocenters. The highest BCUT2D eigenvalue weighted by Crippen LogP contribution is 2.16. The van der Waals surface area contributed by atoms with Crippen molar-refractivity contribution in [2.75, 3.05) is 26.7 Å². The van der Waals surface area contributed by atoms with Crippen LogP contribution in [-0.2, 0) is 0 Å². The Balaban J connectivity index is 2.25. The first kappa shape index (κ1) is 13.3. The van der Waals surface area contributed by atoms with E-state index < -0.39 is 6.09 Å². The summed E-state index contributed by atoms with van der Waals surface area (Å²) in [5.41, 5.74) is 0. The Bertz CT molecular complexity index is 223. The van der Waals surface area contributed by atoms with Crippen molar-refractivity contribution < 1.29 is 9.90 Å². The van der Waals surface area contributed by atoms with Gasteiger partial charge in [-0.3, -0.25) is 0 Å². The van der Waals surface area contributed by atoms with E-state index >= 15 is 0 Å². The zero-order valence-corrected chi connectivity index (χ0v) is 10.6. The topological polar surface area (TPSA) is 43.8 Å². The standard InChI is InChI=1S/C12H24N2O2/c1-10(2)4-7-14-8-5-11(6-9-14)13(3)12(15)16/h10-11H,4-9H2,1-3H3,(H,15,16). The van der Waals surface area contributed by atoms with Gasteiger partial charge in [-0.2, -0.15) is 0 Å². The van der Waals surface area contributed by atoms with Crippen LogP contribution in [0.4, 0.5) is 4.79 Å². The Hall–Kier alpha value is -0.770. The van der Waals surface area contributed by atoms with Crippen LogP contribution in [0.25, 0.3) is 0 Å². The smallest absolute Gasteiger partial charge is 0.407 e. The summed E-state index contributed by atoms with van der Waals surface area (Å²) in [6.07, 6.45) is 2.38. The minimum Gasteiger partial charge on any atom is -0.465 e. The Labute approximate surface area is 98.2 Å². The summed E-state index contributed by atoms with van der Waals surface area (Å²) < 4.78 is 0. The molecule has 94 valence electrons. The van der Waals surface area contributed by atoms with Crippen LogP contribution in [0.3, 0.4) is 0 Å². The van der Waals surface area contributed by atoms with Gasteiger partial charge in [-0.05, 0) is 31.7 Å². The second-order valence-corrected chi connectivity index (χ2v) is 5.15. The Kier molecular flexibility index (Phi) is 5.06. The molecule has 1 N–H and O–H groups in total. The van der Waals surface area contributed by atoms with Crippen molar-refractivity contribution in [1.82, 2.24) is 9.80 Å². The number of carbonyl (C=O) groups is 1. The van der Waals surface area contributed by atoms with E-state index in [9.17, 15) is 4.79 Å². The molecule has 0 bridgehead atoms. The average Bonchev–Trinajstić information content (AvgIpc) is 2.26. The van der Waals surface area contributed by atoms with E-state index in [0.29, 0.717) is 0 Å². The highest BCUT2D eigenvalue weighted by molar-refractivity contribution is 5.64. The molecule has 1 saturated heterocycles. The van der Waals surface area contributed by atoms with E-state index in [1.165, 1.54) is 11.3 Å². The Morgan fingerprint density at radius 1 is 1.44 bits per heavy atom. The largest absolute Gasteiger partial charge is 0.465 e. The molecule has 0 saturated carbocycles. The van der Waals surface area contributed by atoms with Crippen molar-refractivity contribution in [3.05, 3.63) is 0 Å². The van der Waals surface area contributed by atoms with Gasteiger partial charge in [0.05, 0.1) is 0 Å². The van der Waals surface area contributed by atoms with Gasteiger partial charge in [0.2, 0.25) is 0 Å². The highest BCUT2D eigenvalue weighted by atomic mass is 16.4. The Morgan fingerprint density at radius 2 is 2.00 bits per heavy atom. The molecule has 1 aliphatic heterocycles. The zero-order chi connectivity index (χ0) is 12.1. The van der Waals surface area contributed by atoms with Gasteiger partial charge in [0.15, 0.2) is 0 Å². The fraction of sp³-hybridized carbons (Fsp3) is 0.917. The van der Waals surface area contributed by atoms with Gasteiger partial charge in [0.1, 0.15) is 0 Å². The maximum absolute atomic E-state index is 10.8. The lowest BCUT2D eigenvalue weighted by molar-refractivity contribution is 0.103. The van der Waals surface area contributed by atoms with Crippen LogP contribution in [0.15, 0.2) is 0 Å².